The smallest absolute Gasteiger partial charge is 0.446 e. The van der Waals surface area contributed by atoms with Gasteiger partial charge in [-0.15, -0.1) is 9.42 Å². The molecule has 1 fully saturated rings. The third-order valence-electron chi connectivity index (χ3n) is 2.62. The Hall–Kier alpha value is -1.82. The van der Waals surface area contributed by atoms with Gasteiger partial charge in [-0.3, -0.25) is 4.79 Å². The molecule has 1 aromatic rings. The molecule has 19 heavy (non-hydrogen) atoms. The van der Waals surface area contributed by atoms with E-state index in [4.69, 9.17) is 9.63 Å². The van der Waals surface area contributed by atoms with Gasteiger partial charge in [0, 0.05) is 4.57 Å². The lowest BCUT2D eigenvalue weighted by Gasteiger charge is -2.18. The molecule has 1 aliphatic heterocycles. The average molecular weight is 284 g/mol. The maximum absolute atomic E-state index is 11.8. The number of rotatable bonds is 4. The lowest BCUT2D eigenvalue weighted by molar-refractivity contribution is -0.131. The third-order valence-corrected chi connectivity index (χ3v) is 2.97. The van der Waals surface area contributed by atoms with Crippen molar-refractivity contribution >= 4 is 20.3 Å². The fourth-order valence-corrected chi connectivity index (χ4v) is 2.02. The van der Waals surface area contributed by atoms with Crippen molar-refractivity contribution in [1.82, 2.24) is 4.90 Å². The summed E-state index contributed by atoms with van der Waals surface area (Å²) in [6.07, 6.45) is -0.782. The molecule has 0 spiro atoms. The van der Waals surface area contributed by atoms with Crippen LogP contribution in [0.3, 0.4) is 0 Å². The second-order valence-electron chi connectivity index (χ2n) is 3.78. The van der Waals surface area contributed by atoms with Crippen molar-refractivity contribution in [3.8, 4) is 0 Å². The summed E-state index contributed by atoms with van der Waals surface area (Å²) in [5, 5.41) is 0. The fourth-order valence-electron chi connectivity index (χ4n) is 1.80. The fraction of sp³-hybridized carbons (Fsp3) is 0.273. The molecular formula is C11H11NO6P+. The van der Waals surface area contributed by atoms with Crippen LogP contribution >= 0.6 is 8.25 Å². The summed E-state index contributed by atoms with van der Waals surface area (Å²) in [7, 11) is -2.88. The zero-order valence-electron chi connectivity index (χ0n) is 9.76. The van der Waals surface area contributed by atoms with Crippen LogP contribution in [0.1, 0.15) is 11.6 Å². The minimum atomic E-state index is -2.88. The molecule has 1 aliphatic rings. The first-order valence-corrected chi connectivity index (χ1v) is 6.55. The van der Waals surface area contributed by atoms with Crippen molar-refractivity contribution in [1.29, 1.82) is 0 Å². The van der Waals surface area contributed by atoms with E-state index >= 15 is 0 Å². The highest BCUT2D eigenvalue weighted by atomic mass is 31.1. The second-order valence-corrected chi connectivity index (χ2v) is 4.51. The summed E-state index contributed by atoms with van der Waals surface area (Å²) in [5.74, 6) is -0.714. The Morgan fingerprint density at radius 1 is 1.47 bits per heavy atom. The Labute approximate surface area is 109 Å². The van der Waals surface area contributed by atoms with Crippen molar-refractivity contribution in [3.63, 3.8) is 0 Å². The lowest BCUT2D eigenvalue weighted by Crippen LogP contribution is -2.36. The van der Waals surface area contributed by atoms with Gasteiger partial charge in [0.25, 0.3) is 5.91 Å². The Morgan fingerprint density at radius 3 is 2.79 bits per heavy atom. The molecular weight excluding hydrogens is 273 g/mol. The van der Waals surface area contributed by atoms with Crippen molar-refractivity contribution < 1.29 is 28.3 Å². The summed E-state index contributed by atoms with van der Waals surface area (Å²) >= 11 is 0. The van der Waals surface area contributed by atoms with E-state index in [1.54, 1.807) is 24.3 Å². The average Bonchev–Trinajstić information content (AvgIpc) is 2.79. The van der Waals surface area contributed by atoms with Crippen LogP contribution in [0.4, 0.5) is 4.79 Å². The number of carbonyl (C=O) groups is 2. The first kappa shape index (κ1) is 13.6. The van der Waals surface area contributed by atoms with Crippen LogP contribution in [0, 0.1) is 0 Å². The number of hydrogen-bond acceptors (Lipinski definition) is 5. The summed E-state index contributed by atoms with van der Waals surface area (Å²) in [4.78, 5) is 32.7. The predicted molar refractivity (Wildman–Crippen MR) is 63.2 cm³/mol. The van der Waals surface area contributed by atoms with Gasteiger partial charge in [-0.1, -0.05) is 30.3 Å². The first-order valence-electron chi connectivity index (χ1n) is 5.42. The van der Waals surface area contributed by atoms with Crippen LogP contribution < -0.4 is 0 Å². The topological polar surface area (TPSA) is 93.1 Å². The van der Waals surface area contributed by atoms with E-state index in [-0.39, 0.29) is 6.61 Å². The van der Waals surface area contributed by atoms with Crippen LogP contribution in [0.15, 0.2) is 30.3 Å². The van der Waals surface area contributed by atoms with E-state index in [0.717, 1.165) is 10.5 Å². The largest absolute Gasteiger partial charge is 0.695 e. The van der Waals surface area contributed by atoms with Crippen LogP contribution in [0.5, 0.6) is 0 Å². The van der Waals surface area contributed by atoms with Gasteiger partial charge in [0.2, 0.25) is 0 Å². The van der Waals surface area contributed by atoms with E-state index in [0.29, 0.717) is 0 Å². The highest BCUT2D eigenvalue weighted by Crippen LogP contribution is 2.28. The van der Waals surface area contributed by atoms with Crippen molar-refractivity contribution in [3.05, 3.63) is 35.9 Å². The van der Waals surface area contributed by atoms with Gasteiger partial charge in [0.1, 0.15) is 12.6 Å². The van der Waals surface area contributed by atoms with Crippen LogP contribution in [0.2, 0.25) is 0 Å². The molecule has 2 rings (SSSR count). The van der Waals surface area contributed by atoms with Gasteiger partial charge in [-0.2, -0.15) is 0 Å². The van der Waals surface area contributed by atoms with Gasteiger partial charge < -0.3 is 4.74 Å². The van der Waals surface area contributed by atoms with E-state index in [2.05, 4.69) is 4.52 Å². The van der Waals surface area contributed by atoms with E-state index < -0.39 is 32.9 Å². The number of imide groups is 1. The molecule has 0 radical (unpaired) electrons. The zero-order chi connectivity index (χ0) is 13.8. The molecule has 2 atom stereocenters. The minimum Gasteiger partial charge on any atom is -0.446 e. The molecule has 1 saturated heterocycles. The summed E-state index contributed by atoms with van der Waals surface area (Å²) in [6, 6.07) is 8.36. The number of benzene rings is 1. The molecule has 7 nitrogen and oxygen atoms in total. The SMILES string of the molecule is O=C(CO[P+](=O)O)N1C(=O)OC[C@H]1c1ccccc1. The molecule has 1 N–H and O–H groups in total. The van der Waals surface area contributed by atoms with Crippen LogP contribution in [-0.2, 0) is 18.6 Å². The van der Waals surface area contributed by atoms with Gasteiger partial charge in [0.15, 0.2) is 6.61 Å². The van der Waals surface area contributed by atoms with E-state index in [9.17, 15) is 14.2 Å². The maximum atomic E-state index is 11.8. The molecule has 1 heterocycles. The van der Waals surface area contributed by atoms with Crippen molar-refractivity contribution in [2.45, 2.75) is 6.04 Å². The third kappa shape index (κ3) is 3.14. The molecule has 2 amide bonds. The Morgan fingerprint density at radius 2 is 2.16 bits per heavy atom. The lowest BCUT2D eigenvalue weighted by atomic mass is 10.1. The first-order chi connectivity index (χ1) is 9.09. The molecule has 0 saturated carbocycles. The molecule has 0 aromatic heterocycles. The van der Waals surface area contributed by atoms with E-state index in [1.807, 2.05) is 6.07 Å². The standard InChI is InChI=1S/C11H10NO6P/c13-10(7-18-19(15)16)12-9(6-17-11(12)14)8-4-2-1-3-5-8/h1-5,9H,6-7H2/p+1/t9-/m0/s1. The van der Waals surface area contributed by atoms with E-state index in [1.165, 1.54) is 0 Å². The second kappa shape index (κ2) is 5.88. The molecule has 0 bridgehead atoms. The molecule has 0 aliphatic carbocycles. The summed E-state index contributed by atoms with van der Waals surface area (Å²) in [5.41, 5.74) is 0.745. The maximum Gasteiger partial charge on any atom is 0.695 e. The quantitative estimate of drug-likeness (QED) is 0.839. The predicted octanol–water partition coefficient (Wildman–Crippen LogP) is 1.37. The number of ether oxygens (including phenoxy) is 1. The monoisotopic (exact) mass is 284 g/mol. The highest BCUT2D eigenvalue weighted by molar-refractivity contribution is 7.32. The Bertz CT molecular complexity index is 505. The normalized spacial score (nSPS) is 19.2. The number of amides is 2. The zero-order valence-corrected chi connectivity index (χ0v) is 10.7. The van der Waals surface area contributed by atoms with Crippen molar-refractivity contribution in [2.75, 3.05) is 13.2 Å². The molecule has 1 aromatic carbocycles. The minimum absolute atomic E-state index is 0.0554. The number of carbonyl (C=O) groups excluding carboxylic acids is 2. The Balaban J connectivity index is 2.14. The van der Waals surface area contributed by atoms with Gasteiger partial charge in [-0.25, -0.2) is 9.69 Å². The van der Waals surface area contributed by atoms with Gasteiger partial charge >= 0.3 is 14.3 Å². The summed E-state index contributed by atoms with van der Waals surface area (Å²) < 4.78 is 19.5. The molecule has 100 valence electrons. The Kier molecular flexibility index (Phi) is 4.21. The van der Waals surface area contributed by atoms with Crippen LogP contribution in [0.25, 0.3) is 0 Å². The summed E-state index contributed by atoms with van der Waals surface area (Å²) in [6.45, 7) is -0.593. The molecule has 8 heteroatoms. The highest BCUT2D eigenvalue weighted by Gasteiger charge is 2.39. The van der Waals surface area contributed by atoms with Crippen molar-refractivity contribution in [2.24, 2.45) is 0 Å². The van der Waals surface area contributed by atoms with Crippen LogP contribution in [-0.4, -0.2) is 35.0 Å². The number of cyclic esters (lactones) is 1. The van der Waals surface area contributed by atoms with Gasteiger partial charge in [0.05, 0.1) is 0 Å². The number of hydrogen-bond donors (Lipinski definition) is 1. The number of nitrogens with zero attached hydrogens (tertiary/aromatic N) is 1. The van der Waals surface area contributed by atoms with Gasteiger partial charge in [-0.05, 0) is 5.56 Å². The molecule has 1 unspecified atom stereocenters.